The molecule has 142 valence electrons. The summed E-state index contributed by atoms with van der Waals surface area (Å²) in [5.74, 6) is 0. The fourth-order valence-electron chi connectivity index (χ4n) is 1.99. The van der Waals surface area contributed by atoms with Gasteiger partial charge in [-0.05, 0) is 0 Å². The Morgan fingerprint density at radius 2 is 1.17 bits per heavy atom. The summed E-state index contributed by atoms with van der Waals surface area (Å²) in [5, 5.41) is 0. The number of hydrogen-bond acceptors (Lipinski definition) is 0. The second-order valence-corrected chi connectivity index (χ2v) is 4.87. The maximum absolute atomic E-state index is 3.16. The van der Waals surface area contributed by atoms with E-state index in [1.807, 2.05) is 6.88 Å². The molecule has 0 saturated carbocycles. The second kappa shape index (κ2) is 28.4. The summed E-state index contributed by atoms with van der Waals surface area (Å²) in [7, 11) is 0. The first-order chi connectivity index (χ1) is 9.86. The van der Waals surface area contributed by atoms with Crippen molar-refractivity contribution in [3.05, 3.63) is 62.5 Å². The fourth-order valence-corrected chi connectivity index (χ4v) is 1.99. The Hall–Kier alpha value is 0.640. The summed E-state index contributed by atoms with van der Waals surface area (Å²) in [6.45, 7) is 6.40. The maximum atomic E-state index is 3.16. The molecule has 0 amide bonds. The van der Waals surface area contributed by atoms with Crippen molar-refractivity contribution >= 4 is 31.7 Å². The molecule has 0 atom stereocenters. The van der Waals surface area contributed by atoms with Gasteiger partial charge in [-0.3, -0.25) is 12.2 Å². The molecule has 0 heterocycles. The molecule has 4 heteroatoms. The van der Waals surface area contributed by atoms with Crippen LogP contribution in [0.25, 0.3) is 0 Å². The van der Waals surface area contributed by atoms with Crippen LogP contribution in [0.1, 0.15) is 65.2 Å². The standard InChI is InChI=1S/2C9H13.2CH3.2ClH.H2Si.Zr/c2*1-2-3-6-9-7-4-5-8-9;;;;;;/h2*7-8H,2-4,6H2,1H3;2*1H3;2*1H;1H2;/q4*-1;;;;. The van der Waals surface area contributed by atoms with Crippen molar-refractivity contribution in [3.63, 3.8) is 0 Å². The van der Waals surface area contributed by atoms with Crippen LogP contribution in [0.3, 0.4) is 0 Å². The SMILES string of the molecule is CCCCC1=CC[C-]=C1.CCCCC1=CC[C-]=C1.Cl.Cl.[CH3-].[CH3-].[SiH2]=[Zr]. The van der Waals surface area contributed by atoms with Gasteiger partial charge >= 0.3 is 30.2 Å². The van der Waals surface area contributed by atoms with Gasteiger partial charge in [-0.15, -0.1) is 37.7 Å². The molecule has 0 saturated heterocycles. The molecular formula is C20H36Cl2SiZr-4. The zero-order chi connectivity index (χ0) is 15.1. The van der Waals surface area contributed by atoms with Crippen molar-refractivity contribution in [1.82, 2.24) is 0 Å². The Labute approximate surface area is 181 Å². The van der Waals surface area contributed by atoms with Crippen molar-refractivity contribution in [2.75, 3.05) is 0 Å². The van der Waals surface area contributed by atoms with Crippen molar-refractivity contribution in [2.45, 2.75) is 65.2 Å². The zero-order valence-electron chi connectivity index (χ0n) is 16.0. The van der Waals surface area contributed by atoms with Crippen LogP contribution in [0.2, 0.25) is 0 Å². The van der Waals surface area contributed by atoms with E-state index in [1.54, 1.807) is 23.3 Å². The molecule has 0 aromatic carbocycles. The van der Waals surface area contributed by atoms with E-state index in [2.05, 4.69) is 50.3 Å². The van der Waals surface area contributed by atoms with Gasteiger partial charge in [-0.1, -0.05) is 52.4 Å². The van der Waals surface area contributed by atoms with Gasteiger partial charge in [0.2, 0.25) is 0 Å². The van der Waals surface area contributed by atoms with Crippen molar-refractivity contribution < 1.29 is 23.3 Å². The fraction of sp³-hybridized carbons (Fsp3) is 0.500. The predicted octanol–water partition coefficient (Wildman–Crippen LogP) is 6.56. The third-order valence-electron chi connectivity index (χ3n) is 3.18. The molecule has 0 aromatic rings. The van der Waals surface area contributed by atoms with Gasteiger partial charge in [-0.25, -0.2) is 23.3 Å². The molecule has 0 nitrogen and oxygen atoms in total. The van der Waals surface area contributed by atoms with E-state index in [4.69, 9.17) is 0 Å². The number of halogens is 2. The molecule has 0 aromatic heterocycles. The van der Waals surface area contributed by atoms with Crippen LogP contribution in [-0.2, 0) is 23.3 Å². The molecule has 24 heavy (non-hydrogen) atoms. The topological polar surface area (TPSA) is 0 Å². The number of allylic oxidation sites excluding steroid dienone is 8. The van der Waals surface area contributed by atoms with Crippen LogP contribution in [0.15, 0.2) is 35.5 Å². The van der Waals surface area contributed by atoms with E-state index in [9.17, 15) is 0 Å². The first-order valence-corrected chi connectivity index (χ1v) is 13.7. The van der Waals surface area contributed by atoms with Crippen LogP contribution in [0, 0.1) is 27.0 Å². The molecule has 2 rings (SSSR count). The number of hydrogen-bond donors (Lipinski definition) is 0. The Bertz CT molecular complexity index is 327. The summed E-state index contributed by atoms with van der Waals surface area (Å²) in [6.07, 6.45) is 24.9. The average Bonchev–Trinajstić information content (AvgIpc) is 3.19. The molecule has 2 aliphatic rings. The van der Waals surface area contributed by atoms with Crippen LogP contribution < -0.4 is 0 Å². The van der Waals surface area contributed by atoms with Crippen LogP contribution >= 0.6 is 24.8 Å². The zero-order valence-corrected chi connectivity index (χ0v) is 21.5. The second-order valence-electron chi connectivity index (χ2n) is 4.87. The molecule has 0 aliphatic heterocycles. The number of unbranched alkanes of at least 4 members (excludes halogenated alkanes) is 2. The molecule has 0 N–H and O–H groups in total. The summed E-state index contributed by atoms with van der Waals surface area (Å²) < 4.78 is 0. The minimum atomic E-state index is 0. The first-order valence-electron chi connectivity index (χ1n) is 7.73. The van der Waals surface area contributed by atoms with Gasteiger partial charge < -0.3 is 14.9 Å². The van der Waals surface area contributed by atoms with Crippen molar-refractivity contribution in [2.24, 2.45) is 0 Å². The van der Waals surface area contributed by atoms with Gasteiger partial charge in [0.1, 0.15) is 0 Å². The van der Waals surface area contributed by atoms with Gasteiger partial charge in [0.05, 0.1) is 0 Å². The molecule has 0 radical (unpaired) electrons. The van der Waals surface area contributed by atoms with Gasteiger partial charge in [0.15, 0.2) is 0 Å². The van der Waals surface area contributed by atoms with E-state index >= 15 is 0 Å². The normalized spacial score (nSPS) is 12.4. The molecule has 0 bridgehead atoms. The summed E-state index contributed by atoms with van der Waals surface area (Å²) in [6, 6.07) is 0. The van der Waals surface area contributed by atoms with E-state index in [0.29, 0.717) is 0 Å². The predicted molar refractivity (Wildman–Crippen MR) is 116 cm³/mol. The van der Waals surface area contributed by atoms with Crippen molar-refractivity contribution in [3.8, 4) is 0 Å². The minimum absolute atomic E-state index is 0. The van der Waals surface area contributed by atoms with Gasteiger partial charge in [0, 0.05) is 0 Å². The molecule has 0 unspecified atom stereocenters. The first kappa shape index (κ1) is 35.7. The Morgan fingerprint density at radius 1 is 0.833 bits per heavy atom. The van der Waals surface area contributed by atoms with E-state index < -0.39 is 0 Å². The molecule has 2 aliphatic carbocycles. The molecule has 0 fully saturated rings. The third-order valence-corrected chi connectivity index (χ3v) is 3.18. The average molecular weight is 467 g/mol. The number of rotatable bonds is 6. The van der Waals surface area contributed by atoms with E-state index in [-0.39, 0.29) is 39.7 Å². The quantitative estimate of drug-likeness (QED) is 0.307. The molecule has 0 spiro atoms. The van der Waals surface area contributed by atoms with Crippen LogP contribution in [-0.4, -0.2) is 6.88 Å². The Morgan fingerprint density at radius 3 is 1.38 bits per heavy atom. The summed E-state index contributed by atoms with van der Waals surface area (Å²) in [5.41, 5.74) is 2.97. The van der Waals surface area contributed by atoms with E-state index in [1.165, 1.54) is 49.7 Å². The van der Waals surface area contributed by atoms with E-state index in [0.717, 1.165) is 12.8 Å². The monoisotopic (exact) mass is 464 g/mol. The van der Waals surface area contributed by atoms with Crippen LogP contribution in [0.4, 0.5) is 0 Å². The Balaban J connectivity index is -0.0000000789. The van der Waals surface area contributed by atoms with Gasteiger partial charge in [0.25, 0.3) is 0 Å². The third kappa shape index (κ3) is 20.7. The van der Waals surface area contributed by atoms with Crippen molar-refractivity contribution in [1.29, 1.82) is 0 Å². The summed E-state index contributed by atoms with van der Waals surface area (Å²) in [4.78, 5) is 0. The van der Waals surface area contributed by atoms with Gasteiger partial charge in [-0.2, -0.15) is 12.2 Å². The van der Waals surface area contributed by atoms with Crippen LogP contribution in [0.5, 0.6) is 0 Å². The Kier molecular flexibility index (Phi) is 42.3. The summed E-state index contributed by atoms with van der Waals surface area (Å²) >= 11 is 1.58. The molecular weight excluding hydrogens is 430 g/mol.